The number of aromatic nitrogens is 2. The summed E-state index contributed by atoms with van der Waals surface area (Å²) in [4.78, 5) is 23.5. The molecule has 2 aliphatic rings. The van der Waals surface area contributed by atoms with E-state index >= 15 is 0 Å². The Morgan fingerprint density at radius 3 is 2.58 bits per heavy atom. The van der Waals surface area contributed by atoms with Gasteiger partial charge in [-0.2, -0.15) is 0 Å². The summed E-state index contributed by atoms with van der Waals surface area (Å²) in [5.41, 5.74) is 1.29. The van der Waals surface area contributed by atoms with Gasteiger partial charge in [0.2, 0.25) is 0 Å². The maximum absolute atomic E-state index is 12.2. The zero-order chi connectivity index (χ0) is 17.9. The summed E-state index contributed by atoms with van der Waals surface area (Å²) in [6.07, 6.45) is 5.96. The van der Waals surface area contributed by atoms with Crippen molar-refractivity contribution in [1.82, 2.24) is 19.2 Å². The molecule has 136 valence electrons. The van der Waals surface area contributed by atoms with Gasteiger partial charge in [-0.15, -0.1) is 0 Å². The maximum Gasteiger partial charge on any atom is 0.258 e. The van der Waals surface area contributed by atoms with Gasteiger partial charge in [-0.25, -0.2) is 9.29 Å². The number of hydrogen-bond donors (Lipinski definition) is 1. The molecule has 6 heteroatoms. The molecule has 1 aliphatic carbocycles. The minimum Gasteiger partial charge on any atom is -0.309 e. The summed E-state index contributed by atoms with van der Waals surface area (Å²) in [7, 11) is 0. The number of piperazine rings is 1. The van der Waals surface area contributed by atoms with E-state index in [4.69, 9.17) is 0 Å². The Kier molecular flexibility index (Phi) is 5.24. The minimum atomic E-state index is -0.00508. The van der Waals surface area contributed by atoms with Gasteiger partial charge >= 0.3 is 0 Å². The van der Waals surface area contributed by atoms with Crippen LogP contribution in [0.25, 0.3) is 12.2 Å². The van der Waals surface area contributed by atoms with E-state index in [0.29, 0.717) is 6.54 Å². The van der Waals surface area contributed by atoms with Gasteiger partial charge in [0.05, 0.1) is 17.1 Å². The first-order valence-corrected chi connectivity index (χ1v) is 9.96. The quantitative estimate of drug-likeness (QED) is 0.824. The Morgan fingerprint density at radius 2 is 1.81 bits per heavy atom. The van der Waals surface area contributed by atoms with Gasteiger partial charge in [0.1, 0.15) is 5.82 Å². The third-order valence-electron chi connectivity index (χ3n) is 4.85. The molecule has 1 aromatic carbocycles. The molecule has 26 heavy (non-hydrogen) atoms. The molecule has 5 nitrogen and oxygen atoms in total. The van der Waals surface area contributed by atoms with Crippen LogP contribution in [0, 0.1) is 6.92 Å². The summed E-state index contributed by atoms with van der Waals surface area (Å²) in [6.45, 7) is 6.80. The highest BCUT2D eigenvalue weighted by Crippen LogP contribution is 2.24. The van der Waals surface area contributed by atoms with Crippen molar-refractivity contribution >= 4 is 24.1 Å². The number of aromatic amines is 1. The Bertz CT molecular complexity index is 943. The van der Waals surface area contributed by atoms with Crippen molar-refractivity contribution in [2.24, 2.45) is 0 Å². The number of H-pyrrole nitrogens is 1. The highest BCUT2D eigenvalue weighted by Gasteiger charge is 2.18. The molecule has 0 bridgehead atoms. The normalized spacial score (nSPS) is 18.0. The van der Waals surface area contributed by atoms with Crippen molar-refractivity contribution < 1.29 is 0 Å². The van der Waals surface area contributed by atoms with Gasteiger partial charge in [-0.1, -0.05) is 29.8 Å². The lowest BCUT2D eigenvalue weighted by Gasteiger charge is -2.33. The Labute approximate surface area is 157 Å². The van der Waals surface area contributed by atoms with Crippen LogP contribution in [0.1, 0.15) is 24.2 Å². The lowest BCUT2D eigenvalue weighted by Crippen LogP contribution is -2.47. The smallest absolute Gasteiger partial charge is 0.258 e. The number of rotatable bonds is 4. The molecule has 4 rings (SSSR count). The second kappa shape index (κ2) is 7.78. The van der Waals surface area contributed by atoms with Gasteiger partial charge in [-0.05, 0) is 43.8 Å². The Hall–Kier alpha value is -1.89. The van der Waals surface area contributed by atoms with Crippen molar-refractivity contribution in [2.45, 2.75) is 31.2 Å². The molecule has 0 radical (unpaired) electrons. The number of aryl methyl sites for hydroxylation is 1. The van der Waals surface area contributed by atoms with Crippen LogP contribution in [0.4, 0.5) is 0 Å². The van der Waals surface area contributed by atoms with Crippen LogP contribution in [-0.2, 0) is 6.54 Å². The topological polar surface area (TPSA) is 52.2 Å². The van der Waals surface area contributed by atoms with E-state index in [-0.39, 0.29) is 5.56 Å². The largest absolute Gasteiger partial charge is 0.309 e. The van der Waals surface area contributed by atoms with Crippen LogP contribution in [0.5, 0.6) is 0 Å². The standard InChI is InChI=1S/C20H24N4OS/c1-15-6-8-16(9-7-15)26-24-12-10-23(11-13-24)14-19-21-18-5-3-2-4-17(18)20(25)22-19/h4-9H,2-3,10-14H2,1H3,(H,21,22,25). The third kappa shape index (κ3) is 4.09. The summed E-state index contributed by atoms with van der Waals surface area (Å²) in [5, 5.41) is 1.59. The SMILES string of the molecule is Cc1ccc(SN2CCN(Cc3nc4c(c(=O)[nH]3)=CCCC=4)CC2)cc1. The number of fused-ring (bicyclic) bond motifs is 1. The van der Waals surface area contributed by atoms with E-state index in [0.717, 1.165) is 55.4 Å². The van der Waals surface area contributed by atoms with Gasteiger partial charge in [0.25, 0.3) is 5.56 Å². The zero-order valence-electron chi connectivity index (χ0n) is 15.1. The predicted molar refractivity (Wildman–Crippen MR) is 106 cm³/mol. The van der Waals surface area contributed by atoms with Crippen molar-refractivity contribution in [3.8, 4) is 0 Å². The second-order valence-electron chi connectivity index (χ2n) is 6.91. The van der Waals surface area contributed by atoms with Crippen LogP contribution in [0.2, 0.25) is 0 Å². The highest BCUT2D eigenvalue weighted by molar-refractivity contribution is 7.97. The van der Waals surface area contributed by atoms with Crippen LogP contribution in [0.3, 0.4) is 0 Å². The van der Waals surface area contributed by atoms with Crippen molar-refractivity contribution in [1.29, 1.82) is 0 Å². The Morgan fingerprint density at radius 1 is 1.08 bits per heavy atom. The fourth-order valence-electron chi connectivity index (χ4n) is 3.36. The van der Waals surface area contributed by atoms with E-state index in [2.05, 4.69) is 56.4 Å². The van der Waals surface area contributed by atoms with Crippen molar-refractivity contribution in [3.05, 3.63) is 56.6 Å². The minimum absolute atomic E-state index is 0.00508. The molecule has 1 aromatic heterocycles. The number of hydrogen-bond acceptors (Lipinski definition) is 5. The summed E-state index contributed by atoms with van der Waals surface area (Å²) in [5.74, 6) is 0.778. The van der Waals surface area contributed by atoms with Crippen LogP contribution in [0.15, 0.2) is 34.0 Å². The zero-order valence-corrected chi connectivity index (χ0v) is 15.9. The van der Waals surface area contributed by atoms with Gasteiger partial charge < -0.3 is 4.98 Å². The second-order valence-corrected chi connectivity index (χ2v) is 8.08. The first kappa shape index (κ1) is 17.5. The lowest BCUT2D eigenvalue weighted by molar-refractivity contribution is 0.185. The van der Waals surface area contributed by atoms with Crippen molar-refractivity contribution in [2.75, 3.05) is 26.2 Å². The third-order valence-corrected chi connectivity index (χ3v) is 5.95. The molecule has 1 fully saturated rings. The van der Waals surface area contributed by atoms with Crippen LogP contribution < -0.4 is 16.1 Å². The Balaban J connectivity index is 1.36. The van der Waals surface area contributed by atoms with E-state index < -0.39 is 0 Å². The molecule has 2 heterocycles. The fourth-order valence-corrected chi connectivity index (χ4v) is 4.26. The number of benzene rings is 1. The molecule has 0 saturated carbocycles. The van der Waals surface area contributed by atoms with Crippen LogP contribution >= 0.6 is 11.9 Å². The lowest BCUT2D eigenvalue weighted by atomic mass is 10.1. The first-order valence-electron chi connectivity index (χ1n) is 9.19. The first-order chi connectivity index (χ1) is 12.7. The average Bonchev–Trinajstić information content (AvgIpc) is 2.65. The summed E-state index contributed by atoms with van der Waals surface area (Å²) < 4.78 is 2.41. The predicted octanol–water partition coefficient (Wildman–Crippen LogP) is 1.26. The van der Waals surface area contributed by atoms with E-state index in [9.17, 15) is 4.79 Å². The fraction of sp³-hybridized carbons (Fsp3) is 0.400. The van der Waals surface area contributed by atoms with Gasteiger partial charge in [0, 0.05) is 31.1 Å². The van der Waals surface area contributed by atoms with E-state index in [1.165, 1.54) is 10.5 Å². The molecule has 0 spiro atoms. The molecule has 0 amide bonds. The molecule has 2 aromatic rings. The average molecular weight is 369 g/mol. The number of nitrogens with zero attached hydrogens (tertiary/aromatic N) is 3. The van der Waals surface area contributed by atoms with Crippen molar-refractivity contribution in [3.63, 3.8) is 0 Å². The molecule has 0 atom stereocenters. The molecule has 1 aliphatic heterocycles. The molecule has 0 unspecified atom stereocenters. The van der Waals surface area contributed by atoms with Gasteiger partial charge in [-0.3, -0.25) is 9.69 Å². The van der Waals surface area contributed by atoms with Crippen LogP contribution in [-0.4, -0.2) is 45.4 Å². The van der Waals surface area contributed by atoms with E-state index in [1.54, 1.807) is 0 Å². The highest BCUT2D eigenvalue weighted by atomic mass is 32.2. The van der Waals surface area contributed by atoms with Gasteiger partial charge in [0.15, 0.2) is 0 Å². The summed E-state index contributed by atoms with van der Waals surface area (Å²) in [6, 6.07) is 8.68. The molecule has 1 N–H and O–H groups in total. The summed E-state index contributed by atoms with van der Waals surface area (Å²) >= 11 is 1.83. The van der Waals surface area contributed by atoms with E-state index in [1.807, 2.05) is 18.0 Å². The monoisotopic (exact) mass is 368 g/mol. The molecular formula is C20H24N4OS. The maximum atomic E-state index is 12.2. The molecule has 1 saturated heterocycles. The molecular weight excluding hydrogens is 344 g/mol. The number of nitrogens with one attached hydrogen (secondary N) is 1.